The maximum atomic E-state index is 12.1. The lowest BCUT2D eigenvalue weighted by Gasteiger charge is -2.36. The molecule has 0 aromatic heterocycles. The third-order valence-corrected chi connectivity index (χ3v) is 7.66. The number of unbranched alkanes of at least 4 members (excludes halogenated alkanes) is 4. The minimum Gasteiger partial charge on any atom is -0.497 e. The highest BCUT2D eigenvalue weighted by Crippen LogP contribution is 2.41. The van der Waals surface area contributed by atoms with Crippen LogP contribution in [0, 0.1) is 0 Å². The maximum Gasteiger partial charge on any atom is 0.305 e. The molecule has 2 atom stereocenters. The van der Waals surface area contributed by atoms with Crippen molar-refractivity contribution in [3.63, 3.8) is 0 Å². The lowest BCUT2D eigenvalue weighted by Crippen LogP contribution is -2.33. The summed E-state index contributed by atoms with van der Waals surface area (Å²) in [5.41, 5.74) is 2.30. The minimum atomic E-state index is -0.798. The Balaban J connectivity index is 1.34. The van der Waals surface area contributed by atoms with Crippen LogP contribution in [0.15, 0.2) is 78.9 Å². The Kier molecular flexibility index (Phi) is 11.6. The van der Waals surface area contributed by atoms with Crippen molar-refractivity contribution in [1.82, 2.24) is 5.32 Å². The number of aliphatic hydroxyl groups excluding tert-OH is 1. The third kappa shape index (κ3) is 8.32. The van der Waals surface area contributed by atoms with Crippen LogP contribution in [0.25, 0.3) is 0 Å². The first kappa shape index (κ1) is 30.6. The van der Waals surface area contributed by atoms with Gasteiger partial charge in [-0.05, 0) is 60.2 Å². The number of ether oxygens (including phenoxy) is 4. The fraction of sp³-hybridized carbons (Fsp3) is 0.441. The first-order valence-corrected chi connectivity index (χ1v) is 14.6. The Morgan fingerprint density at radius 2 is 1.37 bits per heavy atom. The average molecular weight is 562 g/mol. The van der Waals surface area contributed by atoms with E-state index in [1.54, 1.807) is 14.2 Å². The maximum absolute atomic E-state index is 12.1. The summed E-state index contributed by atoms with van der Waals surface area (Å²) in [6.45, 7) is 1.48. The van der Waals surface area contributed by atoms with Crippen LogP contribution in [0.3, 0.4) is 0 Å². The van der Waals surface area contributed by atoms with Gasteiger partial charge in [-0.2, -0.15) is 0 Å². The number of esters is 1. The van der Waals surface area contributed by atoms with Gasteiger partial charge in [-0.15, -0.1) is 0 Å². The second-order valence-electron chi connectivity index (χ2n) is 10.5. The van der Waals surface area contributed by atoms with E-state index in [2.05, 4.69) is 41.7 Å². The van der Waals surface area contributed by atoms with Crippen molar-refractivity contribution < 1.29 is 28.8 Å². The molecule has 0 spiro atoms. The van der Waals surface area contributed by atoms with E-state index in [-0.39, 0.29) is 18.1 Å². The number of benzene rings is 3. The van der Waals surface area contributed by atoms with E-state index in [0.29, 0.717) is 32.6 Å². The van der Waals surface area contributed by atoms with Gasteiger partial charge in [-0.1, -0.05) is 73.9 Å². The lowest BCUT2D eigenvalue weighted by molar-refractivity contribution is -0.144. The number of carbonyl (C=O) groups excluding carboxylic acids is 1. The number of aliphatic hydroxyl groups is 1. The lowest BCUT2D eigenvalue weighted by atomic mass is 9.80. The molecule has 1 heterocycles. The molecule has 0 amide bonds. The number of nitrogens with one attached hydrogen (secondary N) is 1. The van der Waals surface area contributed by atoms with Crippen LogP contribution in [0.1, 0.15) is 61.6 Å². The summed E-state index contributed by atoms with van der Waals surface area (Å²) < 4.78 is 23.1. The van der Waals surface area contributed by atoms with Gasteiger partial charge in [-0.3, -0.25) is 4.79 Å². The molecule has 4 rings (SSSR count). The van der Waals surface area contributed by atoms with Gasteiger partial charge in [0.2, 0.25) is 0 Å². The molecule has 7 nitrogen and oxygen atoms in total. The molecule has 220 valence electrons. The van der Waals surface area contributed by atoms with Crippen LogP contribution >= 0.6 is 0 Å². The van der Waals surface area contributed by atoms with E-state index in [1.807, 2.05) is 42.5 Å². The molecule has 1 aliphatic heterocycles. The summed E-state index contributed by atoms with van der Waals surface area (Å²) in [6, 6.07) is 26.5. The van der Waals surface area contributed by atoms with Crippen molar-refractivity contribution in [3.05, 3.63) is 95.6 Å². The average Bonchev–Trinajstić information content (AvgIpc) is 3.45. The SMILES string of the molecule is COc1ccc(C(OCCCCCCCC(=O)OC[C@@H]2C[C@@H](O)CN2)(c2ccccc2)c2ccc(OC)cc2)cc1. The molecule has 0 bridgehead atoms. The third-order valence-electron chi connectivity index (χ3n) is 7.66. The molecule has 0 unspecified atom stereocenters. The second-order valence-corrected chi connectivity index (χ2v) is 10.5. The van der Waals surface area contributed by atoms with E-state index in [1.165, 1.54) is 0 Å². The van der Waals surface area contributed by atoms with Gasteiger partial charge >= 0.3 is 5.97 Å². The second kappa shape index (κ2) is 15.6. The van der Waals surface area contributed by atoms with Gasteiger partial charge < -0.3 is 29.4 Å². The zero-order valence-corrected chi connectivity index (χ0v) is 24.2. The Morgan fingerprint density at radius 1 is 0.805 bits per heavy atom. The number of hydrogen-bond donors (Lipinski definition) is 2. The highest BCUT2D eigenvalue weighted by atomic mass is 16.5. The molecule has 7 heteroatoms. The van der Waals surface area contributed by atoms with Gasteiger partial charge in [0.05, 0.1) is 20.3 Å². The van der Waals surface area contributed by atoms with Gasteiger partial charge in [0.1, 0.15) is 23.7 Å². The van der Waals surface area contributed by atoms with Crippen LogP contribution in [0.5, 0.6) is 11.5 Å². The Morgan fingerprint density at radius 3 is 1.93 bits per heavy atom. The van der Waals surface area contributed by atoms with Crippen LogP contribution in [0.2, 0.25) is 0 Å². The molecular formula is C34H43NO6. The number of rotatable bonds is 16. The molecule has 41 heavy (non-hydrogen) atoms. The molecule has 3 aromatic rings. The number of carbonyl (C=O) groups is 1. The molecule has 0 radical (unpaired) electrons. The standard InChI is InChI=1S/C34H43NO6/c1-38-31-18-14-27(15-19-31)34(26-11-7-6-8-12-26,28-16-20-32(39-2)21-17-28)41-22-10-5-3-4-9-13-33(37)40-25-29-23-30(36)24-35-29/h6-8,11-12,14-21,29-30,35-36H,3-5,9-10,13,22-25H2,1-2H3/t29-,30+/m0/s1. The summed E-state index contributed by atoms with van der Waals surface area (Å²) in [5, 5.41) is 12.7. The van der Waals surface area contributed by atoms with Gasteiger partial charge in [0, 0.05) is 25.6 Å². The molecule has 1 aliphatic rings. The van der Waals surface area contributed by atoms with Crippen molar-refractivity contribution in [2.75, 3.05) is 34.0 Å². The van der Waals surface area contributed by atoms with Crippen molar-refractivity contribution in [2.45, 2.75) is 62.7 Å². The first-order valence-electron chi connectivity index (χ1n) is 14.6. The highest BCUT2D eigenvalue weighted by Gasteiger charge is 2.37. The fourth-order valence-corrected chi connectivity index (χ4v) is 5.39. The van der Waals surface area contributed by atoms with Gasteiger partial charge in [-0.25, -0.2) is 0 Å². The Bertz CT molecular complexity index is 1130. The van der Waals surface area contributed by atoms with Crippen LogP contribution < -0.4 is 14.8 Å². The van der Waals surface area contributed by atoms with Crippen LogP contribution in [-0.2, 0) is 19.9 Å². The summed E-state index contributed by atoms with van der Waals surface area (Å²) in [5.74, 6) is 1.43. The van der Waals surface area contributed by atoms with E-state index in [0.717, 1.165) is 60.3 Å². The molecule has 1 saturated heterocycles. The molecular weight excluding hydrogens is 518 g/mol. The zero-order valence-electron chi connectivity index (χ0n) is 24.2. The summed E-state index contributed by atoms with van der Waals surface area (Å²) in [4.78, 5) is 12.1. The zero-order chi connectivity index (χ0) is 28.9. The smallest absolute Gasteiger partial charge is 0.305 e. The molecule has 2 N–H and O–H groups in total. The van der Waals surface area contributed by atoms with Crippen molar-refractivity contribution >= 4 is 5.97 Å². The van der Waals surface area contributed by atoms with E-state index in [9.17, 15) is 9.90 Å². The molecule has 3 aromatic carbocycles. The predicted octanol–water partition coefficient (Wildman–Crippen LogP) is 5.62. The first-order chi connectivity index (χ1) is 20.0. The van der Waals surface area contributed by atoms with Crippen LogP contribution in [-0.4, -0.2) is 57.2 Å². The van der Waals surface area contributed by atoms with Gasteiger partial charge in [0.15, 0.2) is 0 Å². The molecule has 0 aliphatic carbocycles. The van der Waals surface area contributed by atoms with Crippen molar-refractivity contribution in [1.29, 1.82) is 0 Å². The monoisotopic (exact) mass is 561 g/mol. The van der Waals surface area contributed by atoms with E-state index >= 15 is 0 Å². The van der Waals surface area contributed by atoms with E-state index < -0.39 is 5.60 Å². The molecule has 0 saturated carbocycles. The Hall–Kier alpha value is -3.39. The van der Waals surface area contributed by atoms with Crippen molar-refractivity contribution in [2.24, 2.45) is 0 Å². The predicted molar refractivity (Wildman–Crippen MR) is 159 cm³/mol. The number of hydrogen-bond acceptors (Lipinski definition) is 7. The van der Waals surface area contributed by atoms with Crippen LogP contribution in [0.4, 0.5) is 0 Å². The molecule has 1 fully saturated rings. The quantitative estimate of drug-likeness (QED) is 0.133. The van der Waals surface area contributed by atoms with E-state index in [4.69, 9.17) is 18.9 Å². The largest absolute Gasteiger partial charge is 0.497 e. The highest BCUT2D eigenvalue weighted by molar-refractivity contribution is 5.69. The normalized spacial score (nSPS) is 16.9. The van der Waals surface area contributed by atoms with Crippen molar-refractivity contribution in [3.8, 4) is 11.5 Å². The summed E-state index contributed by atoms with van der Waals surface area (Å²) >= 11 is 0. The minimum absolute atomic E-state index is 0.0628. The topological polar surface area (TPSA) is 86.3 Å². The summed E-state index contributed by atoms with van der Waals surface area (Å²) in [7, 11) is 3.34. The Labute approximate surface area is 243 Å². The number of methoxy groups -OCH3 is 2. The summed E-state index contributed by atoms with van der Waals surface area (Å²) in [6.07, 6.45) is 5.44. The number of β-amino-alcohol motifs (C(OH)–C–C–N with tert-alkyl or cyclic N) is 1. The van der Waals surface area contributed by atoms with Gasteiger partial charge in [0.25, 0.3) is 0 Å². The fourth-order valence-electron chi connectivity index (χ4n) is 5.39.